The first kappa shape index (κ1) is 13.3. The van der Waals surface area contributed by atoms with E-state index in [1.807, 2.05) is 18.2 Å². The van der Waals surface area contributed by atoms with Crippen LogP contribution in [0.1, 0.15) is 5.56 Å². The Balaban J connectivity index is 2.14. The molecule has 0 spiro atoms. The Labute approximate surface area is 132 Å². The summed E-state index contributed by atoms with van der Waals surface area (Å²) >= 11 is 10.7. The highest BCUT2D eigenvalue weighted by Crippen LogP contribution is 2.34. The Hall–Kier alpha value is -1.68. The Morgan fingerprint density at radius 3 is 2.90 bits per heavy atom. The van der Waals surface area contributed by atoms with Crippen molar-refractivity contribution in [2.45, 2.75) is 0 Å². The van der Waals surface area contributed by atoms with Crippen LogP contribution in [-0.2, 0) is 0 Å². The van der Waals surface area contributed by atoms with E-state index in [0.717, 1.165) is 21.7 Å². The lowest BCUT2D eigenvalue weighted by atomic mass is 10.2. The summed E-state index contributed by atoms with van der Waals surface area (Å²) in [5.41, 5.74) is 3.34. The summed E-state index contributed by atoms with van der Waals surface area (Å²) in [6.07, 6.45) is 0. The van der Waals surface area contributed by atoms with Crippen LogP contribution < -0.4 is 5.32 Å². The van der Waals surface area contributed by atoms with Gasteiger partial charge in [0, 0.05) is 4.47 Å². The molecule has 1 aromatic heterocycles. The molecule has 0 saturated heterocycles. The van der Waals surface area contributed by atoms with Crippen LogP contribution in [0, 0.1) is 11.3 Å². The van der Waals surface area contributed by atoms with Crippen molar-refractivity contribution in [3.05, 3.63) is 45.4 Å². The molecule has 4 nitrogen and oxygen atoms in total. The molecule has 98 valence electrons. The van der Waals surface area contributed by atoms with E-state index in [0.29, 0.717) is 27.5 Å². The van der Waals surface area contributed by atoms with E-state index in [1.165, 1.54) is 0 Å². The van der Waals surface area contributed by atoms with Crippen LogP contribution in [0.2, 0.25) is 5.02 Å². The summed E-state index contributed by atoms with van der Waals surface area (Å²) in [7, 11) is 0. The molecular weight excluding hydrogens is 360 g/mol. The second kappa shape index (κ2) is 5.37. The van der Waals surface area contributed by atoms with Gasteiger partial charge in [0.15, 0.2) is 0 Å². The van der Waals surface area contributed by atoms with Gasteiger partial charge in [0.05, 0.1) is 33.7 Å². The van der Waals surface area contributed by atoms with E-state index in [-0.39, 0.29) is 0 Å². The second-order valence-electron chi connectivity index (χ2n) is 3.98. The fraction of sp³-hybridized carbons (Fsp3) is 0. The molecule has 0 radical (unpaired) electrons. The first-order valence-corrected chi connectivity index (χ1v) is 7.46. The van der Waals surface area contributed by atoms with Crippen LogP contribution in [0.5, 0.6) is 0 Å². The summed E-state index contributed by atoms with van der Waals surface area (Å²) in [6.45, 7) is 0. The van der Waals surface area contributed by atoms with Crippen molar-refractivity contribution < 1.29 is 0 Å². The summed E-state index contributed by atoms with van der Waals surface area (Å²) < 4.78 is 9.30. The molecule has 1 N–H and O–H groups in total. The summed E-state index contributed by atoms with van der Waals surface area (Å²) in [4.78, 5) is 0. The third-order valence-electron chi connectivity index (χ3n) is 2.74. The third kappa shape index (κ3) is 2.36. The lowest BCUT2D eigenvalue weighted by Crippen LogP contribution is -1.95. The number of hydrogen-bond donors (Lipinski definition) is 1. The second-order valence-corrected chi connectivity index (χ2v) is 5.83. The van der Waals surface area contributed by atoms with Crippen molar-refractivity contribution in [3.8, 4) is 6.07 Å². The molecule has 0 bridgehead atoms. The zero-order valence-corrected chi connectivity index (χ0v) is 13.1. The molecule has 0 aliphatic rings. The van der Waals surface area contributed by atoms with E-state index in [2.05, 4.69) is 36.1 Å². The zero-order valence-electron chi connectivity index (χ0n) is 9.89. The number of nitrogens with zero attached hydrogens (tertiary/aromatic N) is 3. The maximum atomic E-state index is 9.17. The summed E-state index contributed by atoms with van der Waals surface area (Å²) in [5.74, 6) is 0. The fourth-order valence-electron chi connectivity index (χ4n) is 1.80. The van der Waals surface area contributed by atoms with Gasteiger partial charge in [-0.1, -0.05) is 27.5 Å². The lowest BCUT2D eigenvalue weighted by molar-refractivity contribution is 1.45. The van der Waals surface area contributed by atoms with Crippen LogP contribution in [0.15, 0.2) is 34.8 Å². The maximum Gasteiger partial charge on any atom is 0.129 e. The van der Waals surface area contributed by atoms with Crippen molar-refractivity contribution in [1.29, 1.82) is 5.26 Å². The minimum Gasteiger partial charge on any atom is -0.351 e. The van der Waals surface area contributed by atoms with Crippen LogP contribution in [0.4, 0.5) is 11.4 Å². The molecule has 20 heavy (non-hydrogen) atoms. The van der Waals surface area contributed by atoms with Crippen LogP contribution >= 0.6 is 39.3 Å². The standard InChI is InChI=1S/C13H6BrClN4S/c14-8-2-1-7(6-16)11(5-8)17-12-9(15)3-4-10-13(12)19-20-18-10/h1-5,17H. The molecule has 3 aromatic rings. The first-order valence-electron chi connectivity index (χ1n) is 5.56. The third-order valence-corrected chi connectivity index (χ3v) is 4.09. The van der Waals surface area contributed by atoms with Crippen LogP contribution in [0.3, 0.4) is 0 Å². The van der Waals surface area contributed by atoms with Crippen molar-refractivity contribution in [1.82, 2.24) is 8.75 Å². The highest BCUT2D eigenvalue weighted by atomic mass is 79.9. The van der Waals surface area contributed by atoms with Gasteiger partial charge in [-0.3, -0.25) is 0 Å². The molecule has 0 atom stereocenters. The van der Waals surface area contributed by atoms with Gasteiger partial charge in [-0.15, -0.1) is 0 Å². The van der Waals surface area contributed by atoms with Gasteiger partial charge in [0.1, 0.15) is 17.1 Å². The molecule has 0 saturated carbocycles. The molecule has 7 heteroatoms. The number of fused-ring (bicyclic) bond motifs is 1. The highest BCUT2D eigenvalue weighted by Gasteiger charge is 2.12. The minimum absolute atomic E-state index is 0.532. The Morgan fingerprint density at radius 2 is 2.10 bits per heavy atom. The smallest absolute Gasteiger partial charge is 0.129 e. The molecule has 2 aromatic carbocycles. The number of aromatic nitrogens is 2. The maximum absolute atomic E-state index is 9.17. The normalized spacial score (nSPS) is 10.4. The van der Waals surface area contributed by atoms with Crippen LogP contribution in [-0.4, -0.2) is 8.75 Å². The quantitative estimate of drug-likeness (QED) is 0.713. The minimum atomic E-state index is 0.532. The van der Waals surface area contributed by atoms with E-state index in [4.69, 9.17) is 16.9 Å². The van der Waals surface area contributed by atoms with E-state index in [9.17, 15) is 0 Å². The molecule has 0 fully saturated rings. The highest BCUT2D eigenvalue weighted by molar-refractivity contribution is 9.10. The zero-order chi connectivity index (χ0) is 14.1. The Bertz CT molecular complexity index is 840. The first-order chi connectivity index (χ1) is 9.69. The van der Waals surface area contributed by atoms with Crippen LogP contribution in [0.25, 0.3) is 11.0 Å². The van der Waals surface area contributed by atoms with Gasteiger partial charge < -0.3 is 5.32 Å². The number of anilines is 2. The van der Waals surface area contributed by atoms with Crippen molar-refractivity contribution in [3.63, 3.8) is 0 Å². The number of nitriles is 1. The summed E-state index contributed by atoms with van der Waals surface area (Å²) in [6, 6.07) is 11.1. The Kier molecular flexibility index (Phi) is 3.57. The van der Waals surface area contributed by atoms with Gasteiger partial charge in [0.2, 0.25) is 0 Å². The van der Waals surface area contributed by atoms with Crippen molar-refractivity contribution in [2.75, 3.05) is 5.32 Å². The Morgan fingerprint density at radius 1 is 1.25 bits per heavy atom. The molecule has 1 heterocycles. The van der Waals surface area contributed by atoms with Gasteiger partial charge in [-0.05, 0) is 30.3 Å². The van der Waals surface area contributed by atoms with Gasteiger partial charge in [0.25, 0.3) is 0 Å². The number of nitrogens with one attached hydrogen (secondary N) is 1. The number of benzene rings is 2. The van der Waals surface area contributed by atoms with Gasteiger partial charge >= 0.3 is 0 Å². The average Bonchev–Trinajstić information content (AvgIpc) is 2.91. The average molecular weight is 366 g/mol. The molecule has 0 unspecified atom stereocenters. The molecule has 3 rings (SSSR count). The van der Waals surface area contributed by atoms with Gasteiger partial charge in [-0.2, -0.15) is 14.0 Å². The predicted molar refractivity (Wildman–Crippen MR) is 84.6 cm³/mol. The van der Waals surface area contributed by atoms with E-state index >= 15 is 0 Å². The van der Waals surface area contributed by atoms with E-state index < -0.39 is 0 Å². The fourth-order valence-corrected chi connectivity index (χ4v) is 2.90. The monoisotopic (exact) mass is 364 g/mol. The predicted octanol–water partition coefficient (Wildman–Crippen LogP) is 4.72. The molecule has 0 amide bonds. The number of hydrogen-bond acceptors (Lipinski definition) is 5. The number of halogens is 2. The van der Waals surface area contributed by atoms with Gasteiger partial charge in [-0.25, -0.2) is 0 Å². The summed E-state index contributed by atoms with van der Waals surface area (Å²) in [5, 5.41) is 12.9. The van der Waals surface area contributed by atoms with Crippen molar-refractivity contribution >= 4 is 61.7 Å². The topological polar surface area (TPSA) is 61.6 Å². The molecular formula is C13H6BrClN4S. The lowest BCUT2D eigenvalue weighted by Gasteiger charge is -2.10. The van der Waals surface area contributed by atoms with Crippen molar-refractivity contribution in [2.24, 2.45) is 0 Å². The van der Waals surface area contributed by atoms with E-state index in [1.54, 1.807) is 12.1 Å². The number of rotatable bonds is 2. The SMILES string of the molecule is N#Cc1ccc(Br)cc1Nc1c(Cl)ccc2nsnc12. The largest absolute Gasteiger partial charge is 0.351 e. The molecule has 0 aliphatic carbocycles. The molecule has 0 aliphatic heterocycles.